The van der Waals surface area contributed by atoms with Gasteiger partial charge in [0.25, 0.3) is 0 Å². The number of nitrogens with two attached hydrogens (primary N) is 1. The number of carboxylic acid groups (broad SMARTS) is 1. The summed E-state index contributed by atoms with van der Waals surface area (Å²) in [6.07, 6.45) is -3.74. The average molecular weight is 488 g/mol. The molecule has 0 spiro atoms. The highest BCUT2D eigenvalue weighted by Gasteiger charge is 2.56. The van der Waals surface area contributed by atoms with Crippen molar-refractivity contribution in [3.63, 3.8) is 0 Å². The van der Waals surface area contributed by atoms with Gasteiger partial charge in [0.05, 0.1) is 5.69 Å². The Bertz CT molecular complexity index is 1060. The molecule has 1 aliphatic heterocycles. The minimum absolute atomic E-state index is 0.0284. The lowest BCUT2D eigenvalue weighted by atomic mass is 9.98. The van der Waals surface area contributed by atoms with E-state index in [1.54, 1.807) is 29.2 Å². The number of nitrogens with zero attached hydrogens (tertiary/aromatic N) is 3. The lowest BCUT2D eigenvalue weighted by Gasteiger charge is -2.43. The number of hydrogen-bond acceptors (Lipinski definition) is 5. The molecular weight excluding hydrogens is 460 g/mol. The van der Waals surface area contributed by atoms with Gasteiger partial charge in [0.2, 0.25) is 7.37 Å². The Hall–Kier alpha value is -2.20. The number of halogens is 3. The molecule has 1 aliphatic rings. The summed E-state index contributed by atoms with van der Waals surface area (Å²) in [5.74, 6) is -1.32. The van der Waals surface area contributed by atoms with Crippen molar-refractivity contribution in [2.45, 2.75) is 37.1 Å². The third-order valence-electron chi connectivity index (χ3n) is 6.17. The number of hydrogen-bond donors (Lipinski definition) is 3. The van der Waals surface area contributed by atoms with Crippen LogP contribution in [0.1, 0.15) is 30.5 Å². The number of aliphatic carboxylic acids is 1. The Morgan fingerprint density at radius 3 is 2.61 bits per heavy atom. The molecule has 0 saturated carbocycles. The van der Waals surface area contributed by atoms with Gasteiger partial charge in [-0.1, -0.05) is 30.7 Å². The Morgan fingerprint density at radius 1 is 1.30 bits per heavy atom. The van der Waals surface area contributed by atoms with Crippen molar-refractivity contribution >= 4 is 13.3 Å². The van der Waals surface area contributed by atoms with Crippen molar-refractivity contribution in [3.8, 4) is 11.3 Å². The molecule has 0 amide bonds. The van der Waals surface area contributed by atoms with E-state index in [2.05, 4.69) is 5.10 Å². The number of carbonyl (C=O) groups is 1. The minimum Gasteiger partial charge on any atom is -0.480 e. The van der Waals surface area contributed by atoms with Crippen LogP contribution in [-0.2, 0) is 29.1 Å². The summed E-state index contributed by atoms with van der Waals surface area (Å²) >= 11 is 0. The number of unbranched alkanes of at least 4 members (excludes halogenated alkanes) is 1. The molecule has 0 radical (unpaired) electrons. The standard InChI is InChI=1S/C21H28F3N4O4P/c1-27-18(21(22,23)24)12-17(26-27)16-7-3-2-6-15(16)13-28-10-11-33(31,32)20(14-28,19(29)30)8-4-5-9-25/h2-3,6-7,12H,4-5,8-11,13-14,25H2,1H3,(H,29,30)(H,31,32)/t20-/m0/s1. The molecule has 8 nitrogen and oxygen atoms in total. The van der Waals surface area contributed by atoms with Crippen LogP contribution in [0.4, 0.5) is 13.2 Å². The fourth-order valence-corrected chi connectivity index (χ4v) is 6.55. The summed E-state index contributed by atoms with van der Waals surface area (Å²) < 4.78 is 53.4. The number of aromatic nitrogens is 2. The maximum Gasteiger partial charge on any atom is 0.433 e. The zero-order valence-electron chi connectivity index (χ0n) is 18.3. The Labute approximate surface area is 189 Å². The largest absolute Gasteiger partial charge is 0.480 e. The van der Waals surface area contributed by atoms with E-state index in [-0.39, 0.29) is 37.9 Å². The fourth-order valence-electron chi connectivity index (χ4n) is 4.34. The summed E-state index contributed by atoms with van der Waals surface area (Å²) in [5, 5.41) is 12.2. The zero-order valence-corrected chi connectivity index (χ0v) is 19.1. The lowest BCUT2D eigenvalue weighted by Crippen LogP contribution is -2.53. The zero-order chi connectivity index (χ0) is 24.4. The molecule has 2 aromatic rings. The van der Waals surface area contributed by atoms with Gasteiger partial charge in [0, 0.05) is 38.4 Å². The van der Waals surface area contributed by atoms with Crippen LogP contribution >= 0.6 is 7.37 Å². The second-order valence-corrected chi connectivity index (χ2v) is 11.1. The smallest absolute Gasteiger partial charge is 0.433 e. The van der Waals surface area contributed by atoms with Gasteiger partial charge in [-0.2, -0.15) is 18.3 Å². The highest BCUT2D eigenvalue weighted by atomic mass is 31.2. The van der Waals surface area contributed by atoms with Gasteiger partial charge in [-0.15, -0.1) is 0 Å². The Kier molecular flexibility index (Phi) is 7.38. The van der Waals surface area contributed by atoms with Crippen LogP contribution in [0.2, 0.25) is 0 Å². The molecule has 0 bridgehead atoms. The van der Waals surface area contributed by atoms with Gasteiger partial charge >= 0.3 is 12.1 Å². The first-order chi connectivity index (χ1) is 15.4. The van der Waals surface area contributed by atoms with Crippen LogP contribution in [-0.4, -0.2) is 61.6 Å². The van der Waals surface area contributed by atoms with E-state index in [1.165, 1.54) is 7.05 Å². The van der Waals surface area contributed by atoms with Gasteiger partial charge < -0.3 is 15.7 Å². The van der Waals surface area contributed by atoms with Gasteiger partial charge in [-0.3, -0.25) is 18.9 Å². The van der Waals surface area contributed by atoms with Gasteiger partial charge in [-0.05, 0) is 31.0 Å². The molecule has 3 rings (SSSR count). The molecule has 2 heterocycles. The predicted octanol–water partition coefficient (Wildman–Crippen LogP) is 3.14. The molecule has 0 aliphatic carbocycles. The summed E-state index contributed by atoms with van der Waals surface area (Å²) in [6.45, 7) is 0.627. The van der Waals surface area contributed by atoms with Gasteiger partial charge in [0.15, 0.2) is 5.16 Å². The van der Waals surface area contributed by atoms with Crippen molar-refractivity contribution < 1.29 is 32.5 Å². The predicted molar refractivity (Wildman–Crippen MR) is 117 cm³/mol. The number of rotatable bonds is 8. The van der Waals surface area contributed by atoms with Crippen LogP contribution in [0.5, 0.6) is 0 Å². The van der Waals surface area contributed by atoms with Crippen LogP contribution in [0.15, 0.2) is 30.3 Å². The van der Waals surface area contributed by atoms with E-state index >= 15 is 0 Å². The SMILES string of the molecule is Cn1nc(-c2ccccc2CN2CCP(=O)(O)[C@](CCCCN)(C(=O)O)C2)cc1C(F)(F)F. The molecule has 1 unspecified atom stereocenters. The van der Waals surface area contributed by atoms with E-state index in [9.17, 15) is 32.5 Å². The number of benzene rings is 1. The normalized spacial score (nSPS) is 24.2. The van der Waals surface area contributed by atoms with Gasteiger partial charge in [-0.25, -0.2) is 0 Å². The molecule has 1 aromatic carbocycles. The molecular formula is C21H28F3N4O4P. The van der Waals surface area contributed by atoms with Crippen LogP contribution in [0, 0.1) is 0 Å². The quantitative estimate of drug-likeness (QED) is 0.386. The highest BCUT2D eigenvalue weighted by Crippen LogP contribution is 2.59. The van der Waals surface area contributed by atoms with E-state index in [1.807, 2.05) is 0 Å². The van der Waals surface area contributed by atoms with E-state index in [0.717, 1.165) is 10.7 Å². The maximum atomic E-state index is 13.2. The topological polar surface area (TPSA) is 122 Å². The van der Waals surface area contributed by atoms with Crippen molar-refractivity contribution in [1.29, 1.82) is 0 Å². The van der Waals surface area contributed by atoms with E-state index in [0.29, 0.717) is 30.5 Å². The summed E-state index contributed by atoms with van der Waals surface area (Å²) in [7, 11) is -2.76. The lowest BCUT2D eigenvalue weighted by molar-refractivity contribution is -0.144. The van der Waals surface area contributed by atoms with E-state index in [4.69, 9.17) is 5.73 Å². The highest BCUT2D eigenvalue weighted by molar-refractivity contribution is 7.61. The molecule has 4 N–H and O–H groups in total. The summed E-state index contributed by atoms with van der Waals surface area (Å²) in [6, 6.07) is 7.79. The average Bonchev–Trinajstić information content (AvgIpc) is 3.12. The molecule has 12 heteroatoms. The second kappa shape index (κ2) is 9.58. The number of carboxylic acids is 1. The van der Waals surface area contributed by atoms with Crippen LogP contribution < -0.4 is 5.73 Å². The van der Waals surface area contributed by atoms with Crippen LogP contribution in [0.25, 0.3) is 11.3 Å². The summed E-state index contributed by atoms with van der Waals surface area (Å²) in [4.78, 5) is 24.5. The molecule has 182 valence electrons. The van der Waals surface area contributed by atoms with Gasteiger partial charge in [0.1, 0.15) is 5.69 Å². The molecule has 33 heavy (non-hydrogen) atoms. The van der Waals surface area contributed by atoms with Crippen LogP contribution in [0.3, 0.4) is 0 Å². The third kappa shape index (κ3) is 5.16. The molecule has 1 saturated heterocycles. The Balaban J connectivity index is 1.90. The first-order valence-corrected chi connectivity index (χ1v) is 12.4. The third-order valence-corrected chi connectivity index (χ3v) is 8.87. The minimum atomic E-state index is -4.55. The first kappa shape index (κ1) is 25.4. The monoisotopic (exact) mass is 488 g/mol. The number of aryl methyl sites for hydroxylation is 1. The molecule has 1 aromatic heterocycles. The van der Waals surface area contributed by atoms with E-state index < -0.39 is 30.4 Å². The van der Waals surface area contributed by atoms with Crippen molar-refractivity contribution in [1.82, 2.24) is 14.7 Å². The van der Waals surface area contributed by atoms with Crippen molar-refractivity contribution in [2.24, 2.45) is 12.8 Å². The molecule has 2 atom stereocenters. The summed E-state index contributed by atoms with van der Waals surface area (Å²) in [5.41, 5.74) is 5.92. The first-order valence-electron chi connectivity index (χ1n) is 10.6. The van der Waals surface area contributed by atoms with Crippen molar-refractivity contribution in [3.05, 3.63) is 41.6 Å². The fraction of sp³-hybridized carbons (Fsp3) is 0.524. The van der Waals surface area contributed by atoms with Crippen molar-refractivity contribution in [2.75, 3.05) is 25.8 Å². The molecule has 1 fully saturated rings. The second-order valence-electron chi connectivity index (χ2n) is 8.41. The Morgan fingerprint density at radius 2 is 2.00 bits per heavy atom. The number of alkyl halides is 3. The maximum absolute atomic E-state index is 13.2.